The van der Waals surface area contributed by atoms with Crippen LogP contribution < -0.4 is 11.2 Å². The molecule has 1 aliphatic rings. The van der Waals surface area contributed by atoms with Crippen molar-refractivity contribution in [3.8, 4) is 0 Å². The lowest BCUT2D eigenvalue weighted by atomic mass is 10.1. The highest BCUT2D eigenvalue weighted by Gasteiger charge is 2.22. The molecule has 0 radical (unpaired) electrons. The van der Waals surface area contributed by atoms with Crippen LogP contribution in [0.5, 0.6) is 0 Å². The molecule has 0 N–H and O–H groups in total. The minimum absolute atomic E-state index is 0.0832. The number of rotatable bonds is 5. The van der Waals surface area contributed by atoms with Crippen molar-refractivity contribution in [2.45, 2.75) is 31.0 Å². The standard InChI is InChI=1S/C21H25N5O3S/c1-23-18-17(19(28)24(2)21(23)29)26(13-15-9-5-3-6-10-15)20(22-18)30-14-16(27)25-11-7-4-8-12-25/h3,5-6,9-10H,4,7-8,11-14H2,1-2H3. The second-order valence-electron chi connectivity index (χ2n) is 7.57. The van der Waals surface area contributed by atoms with Gasteiger partial charge in [-0.3, -0.25) is 18.7 Å². The fourth-order valence-corrected chi connectivity index (χ4v) is 4.71. The van der Waals surface area contributed by atoms with Gasteiger partial charge in [0.25, 0.3) is 5.56 Å². The molecule has 2 aromatic heterocycles. The first-order valence-electron chi connectivity index (χ1n) is 10.1. The number of aryl methyl sites for hydroxylation is 1. The smallest absolute Gasteiger partial charge is 0.332 e. The third-order valence-corrected chi connectivity index (χ3v) is 6.49. The zero-order valence-corrected chi connectivity index (χ0v) is 18.0. The van der Waals surface area contributed by atoms with E-state index in [2.05, 4.69) is 4.98 Å². The summed E-state index contributed by atoms with van der Waals surface area (Å²) >= 11 is 1.32. The van der Waals surface area contributed by atoms with Gasteiger partial charge in [0.15, 0.2) is 16.3 Å². The average Bonchev–Trinajstić information content (AvgIpc) is 3.14. The van der Waals surface area contributed by atoms with Crippen molar-refractivity contribution >= 4 is 28.8 Å². The third kappa shape index (κ3) is 3.81. The summed E-state index contributed by atoms with van der Waals surface area (Å²) in [6.45, 7) is 2.04. The molecule has 158 valence electrons. The van der Waals surface area contributed by atoms with E-state index in [4.69, 9.17) is 0 Å². The first-order valence-corrected chi connectivity index (χ1v) is 11.1. The van der Waals surface area contributed by atoms with Crippen LogP contribution in [0.25, 0.3) is 11.2 Å². The lowest BCUT2D eigenvalue weighted by Gasteiger charge is -2.26. The topological polar surface area (TPSA) is 82.1 Å². The highest BCUT2D eigenvalue weighted by atomic mass is 32.2. The van der Waals surface area contributed by atoms with Gasteiger partial charge in [0.2, 0.25) is 5.91 Å². The number of imidazole rings is 1. The van der Waals surface area contributed by atoms with E-state index in [0.717, 1.165) is 36.1 Å². The van der Waals surface area contributed by atoms with Crippen LogP contribution in [0.3, 0.4) is 0 Å². The largest absolute Gasteiger partial charge is 0.342 e. The lowest BCUT2D eigenvalue weighted by Crippen LogP contribution is -2.37. The molecule has 0 saturated carbocycles. The van der Waals surface area contributed by atoms with Crippen molar-refractivity contribution in [2.75, 3.05) is 18.8 Å². The molecule has 9 heteroatoms. The van der Waals surface area contributed by atoms with Gasteiger partial charge in [-0.2, -0.15) is 0 Å². The number of hydrogen-bond donors (Lipinski definition) is 0. The van der Waals surface area contributed by atoms with Crippen LogP contribution in [-0.2, 0) is 25.4 Å². The number of fused-ring (bicyclic) bond motifs is 1. The molecule has 0 atom stereocenters. The maximum atomic E-state index is 12.9. The number of piperidine rings is 1. The highest BCUT2D eigenvalue weighted by Crippen LogP contribution is 2.24. The predicted octanol–water partition coefficient (Wildman–Crippen LogP) is 1.59. The molecule has 3 aromatic rings. The second-order valence-corrected chi connectivity index (χ2v) is 8.52. The molecule has 30 heavy (non-hydrogen) atoms. The van der Waals surface area contributed by atoms with Gasteiger partial charge in [-0.15, -0.1) is 0 Å². The Morgan fingerprint density at radius 1 is 1.03 bits per heavy atom. The van der Waals surface area contributed by atoms with Gasteiger partial charge < -0.3 is 9.47 Å². The second kappa shape index (κ2) is 8.51. The van der Waals surface area contributed by atoms with Gasteiger partial charge in [-0.1, -0.05) is 42.1 Å². The van der Waals surface area contributed by atoms with Crippen LogP contribution in [0.2, 0.25) is 0 Å². The molecule has 0 spiro atoms. The Morgan fingerprint density at radius 2 is 1.73 bits per heavy atom. The minimum atomic E-state index is -0.419. The number of hydrogen-bond acceptors (Lipinski definition) is 5. The first-order chi connectivity index (χ1) is 14.5. The summed E-state index contributed by atoms with van der Waals surface area (Å²) in [5.41, 5.74) is 0.920. The SMILES string of the molecule is Cn1c(=O)c2c(nc(SCC(=O)N3CCCCC3)n2Cc2ccccc2)n(C)c1=O. The molecular weight excluding hydrogens is 402 g/mol. The lowest BCUT2D eigenvalue weighted by molar-refractivity contribution is -0.129. The van der Waals surface area contributed by atoms with Gasteiger partial charge in [-0.25, -0.2) is 9.78 Å². The summed E-state index contributed by atoms with van der Waals surface area (Å²) in [6, 6.07) is 9.77. The first kappa shape index (κ1) is 20.5. The van der Waals surface area contributed by atoms with Crippen LogP contribution in [0.4, 0.5) is 0 Å². The van der Waals surface area contributed by atoms with Gasteiger partial charge in [0.1, 0.15) is 0 Å². The molecule has 0 bridgehead atoms. The quantitative estimate of drug-likeness (QED) is 0.578. The fourth-order valence-electron chi connectivity index (χ4n) is 3.81. The fraction of sp³-hybridized carbons (Fsp3) is 0.429. The highest BCUT2D eigenvalue weighted by molar-refractivity contribution is 7.99. The van der Waals surface area contributed by atoms with E-state index in [0.29, 0.717) is 22.9 Å². The van der Waals surface area contributed by atoms with Crippen LogP contribution in [-0.4, -0.2) is 48.3 Å². The molecule has 4 rings (SSSR count). The van der Waals surface area contributed by atoms with E-state index >= 15 is 0 Å². The minimum Gasteiger partial charge on any atom is -0.342 e. The third-order valence-electron chi connectivity index (χ3n) is 5.53. The normalized spacial score (nSPS) is 14.4. The number of carbonyl (C=O) groups excluding carboxylic acids is 1. The van der Waals surface area contributed by atoms with Crippen molar-refractivity contribution < 1.29 is 4.79 Å². The van der Waals surface area contributed by atoms with E-state index in [1.54, 1.807) is 7.05 Å². The van der Waals surface area contributed by atoms with E-state index in [-0.39, 0.29) is 17.2 Å². The number of nitrogens with zero attached hydrogens (tertiary/aromatic N) is 5. The Morgan fingerprint density at radius 3 is 2.43 bits per heavy atom. The number of likely N-dealkylation sites (tertiary alicyclic amines) is 1. The van der Waals surface area contributed by atoms with Crippen molar-refractivity contribution in [3.63, 3.8) is 0 Å². The summed E-state index contributed by atoms with van der Waals surface area (Å²) < 4.78 is 4.30. The number of amides is 1. The maximum Gasteiger partial charge on any atom is 0.332 e. The van der Waals surface area contributed by atoms with E-state index in [1.807, 2.05) is 39.8 Å². The number of benzene rings is 1. The summed E-state index contributed by atoms with van der Waals surface area (Å²) in [4.78, 5) is 44.4. The van der Waals surface area contributed by atoms with Crippen LogP contribution in [0, 0.1) is 0 Å². The molecule has 1 fully saturated rings. The van der Waals surface area contributed by atoms with Crippen molar-refractivity contribution in [1.29, 1.82) is 0 Å². The summed E-state index contributed by atoms with van der Waals surface area (Å²) in [5, 5.41) is 0.567. The molecule has 0 unspecified atom stereocenters. The number of aromatic nitrogens is 4. The van der Waals surface area contributed by atoms with Gasteiger partial charge in [0.05, 0.1) is 12.3 Å². The molecule has 8 nitrogen and oxygen atoms in total. The molecular formula is C21H25N5O3S. The van der Waals surface area contributed by atoms with Crippen molar-refractivity contribution in [3.05, 3.63) is 56.7 Å². The maximum absolute atomic E-state index is 12.9. The number of carbonyl (C=O) groups is 1. The molecule has 1 saturated heterocycles. The number of thioether (sulfide) groups is 1. The molecule has 3 heterocycles. The van der Waals surface area contributed by atoms with Crippen molar-refractivity contribution in [1.82, 2.24) is 23.6 Å². The predicted molar refractivity (Wildman–Crippen MR) is 117 cm³/mol. The monoisotopic (exact) mass is 427 g/mol. The van der Waals surface area contributed by atoms with Crippen molar-refractivity contribution in [2.24, 2.45) is 14.1 Å². The van der Waals surface area contributed by atoms with Crippen LogP contribution in [0.15, 0.2) is 45.1 Å². The Bertz CT molecular complexity index is 1190. The zero-order chi connectivity index (χ0) is 21.3. The van der Waals surface area contributed by atoms with E-state index < -0.39 is 5.69 Å². The van der Waals surface area contributed by atoms with E-state index in [9.17, 15) is 14.4 Å². The van der Waals surface area contributed by atoms with E-state index in [1.165, 1.54) is 29.8 Å². The van der Waals surface area contributed by atoms with Crippen LogP contribution in [0.1, 0.15) is 24.8 Å². The summed E-state index contributed by atoms with van der Waals surface area (Å²) in [7, 11) is 3.08. The Hall–Kier alpha value is -2.81. The molecule has 1 amide bonds. The Labute approximate surface area is 178 Å². The van der Waals surface area contributed by atoms with Gasteiger partial charge in [0, 0.05) is 27.2 Å². The Balaban J connectivity index is 1.74. The Kier molecular flexibility index (Phi) is 5.80. The van der Waals surface area contributed by atoms with Crippen LogP contribution >= 0.6 is 11.8 Å². The molecule has 1 aromatic carbocycles. The van der Waals surface area contributed by atoms with Gasteiger partial charge in [-0.05, 0) is 24.8 Å². The molecule has 0 aliphatic carbocycles. The van der Waals surface area contributed by atoms with Gasteiger partial charge >= 0.3 is 5.69 Å². The summed E-state index contributed by atoms with van der Waals surface area (Å²) in [6.07, 6.45) is 3.25. The average molecular weight is 428 g/mol. The zero-order valence-electron chi connectivity index (χ0n) is 17.2. The molecule has 1 aliphatic heterocycles. The summed E-state index contributed by atoms with van der Waals surface area (Å²) in [5.74, 6) is 0.339.